The Hall–Kier alpha value is -3.81. The van der Waals surface area contributed by atoms with Crippen LogP contribution < -0.4 is 14.2 Å². The molecule has 4 aromatic rings. The fourth-order valence-corrected chi connectivity index (χ4v) is 4.56. The first-order valence-corrected chi connectivity index (χ1v) is 12.3. The zero-order chi connectivity index (χ0) is 25.8. The van der Waals surface area contributed by atoms with Crippen molar-refractivity contribution in [3.8, 4) is 28.5 Å². The number of carbonyl (C=O) groups excluding carboxylic acids is 1. The molecule has 1 aromatic heterocycles. The zero-order valence-corrected chi connectivity index (χ0v) is 21.5. The van der Waals surface area contributed by atoms with Crippen LogP contribution in [0, 0.1) is 0 Å². The summed E-state index contributed by atoms with van der Waals surface area (Å²) < 4.78 is 21.6. The summed E-state index contributed by atoms with van der Waals surface area (Å²) in [6, 6.07) is 20.7. The molecule has 5 rings (SSSR count). The number of fused-ring (bicyclic) bond motifs is 2. The Morgan fingerprint density at radius 3 is 2.73 bits per heavy atom. The van der Waals surface area contributed by atoms with E-state index in [0.29, 0.717) is 48.2 Å². The minimum atomic E-state index is -0.109. The summed E-state index contributed by atoms with van der Waals surface area (Å²) in [7, 11) is 3.29. The Bertz CT molecular complexity index is 1440. The lowest BCUT2D eigenvalue weighted by Crippen LogP contribution is -2.32. The van der Waals surface area contributed by atoms with Crippen molar-refractivity contribution in [3.63, 3.8) is 0 Å². The fraction of sp³-hybridized carbons (Fsp3) is 0.241. The number of benzene rings is 3. The molecule has 0 unspecified atom stereocenters. The molecule has 1 aliphatic heterocycles. The second-order valence-corrected chi connectivity index (χ2v) is 9.14. The van der Waals surface area contributed by atoms with Crippen molar-refractivity contribution in [2.45, 2.75) is 13.0 Å². The van der Waals surface area contributed by atoms with Crippen molar-refractivity contribution < 1.29 is 23.7 Å². The maximum atomic E-state index is 13.7. The van der Waals surface area contributed by atoms with Crippen molar-refractivity contribution in [1.82, 2.24) is 9.88 Å². The molecule has 37 heavy (non-hydrogen) atoms. The van der Waals surface area contributed by atoms with Gasteiger partial charge >= 0.3 is 0 Å². The molecule has 0 aliphatic carbocycles. The second kappa shape index (κ2) is 11.1. The summed E-state index contributed by atoms with van der Waals surface area (Å²) in [5.74, 6) is 1.83. The van der Waals surface area contributed by atoms with Crippen LogP contribution in [-0.2, 0) is 11.3 Å². The third kappa shape index (κ3) is 5.48. The smallest absolute Gasteiger partial charge is 0.254 e. The van der Waals surface area contributed by atoms with Gasteiger partial charge in [-0.25, -0.2) is 4.98 Å². The van der Waals surface area contributed by atoms with Crippen molar-refractivity contribution in [1.29, 1.82) is 0 Å². The number of rotatable bonds is 9. The molecule has 0 N–H and O–H groups in total. The second-order valence-electron chi connectivity index (χ2n) is 8.71. The summed E-state index contributed by atoms with van der Waals surface area (Å²) in [6.07, 6.45) is 0.692. The van der Waals surface area contributed by atoms with Crippen LogP contribution >= 0.6 is 11.6 Å². The van der Waals surface area contributed by atoms with Gasteiger partial charge in [-0.2, -0.15) is 0 Å². The SMILES string of the molecule is COCCCN(Cc1cc2ccc(Cl)cc2nc1-c1cccc(OC)c1)C(=O)c1ccc2c(c1)OCO2. The molecule has 0 fully saturated rings. The molecule has 3 aromatic carbocycles. The molecule has 1 amide bonds. The average molecular weight is 519 g/mol. The molecule has 2 heterocycles. The van der Waals surface area contributed by atoms with Crippen LogP contribution in [0.5, 0.6) is 17.2 Å². The van der Waals surface area contributed by atoms with E-state index in [0.717, 1.165) is 33.5 Å². The van der Waals surface area contributed by atoms with E-state index in [4.69, 9.17) is 35.5 Å². The minimum absolute atomic E-state index is 0.109. The average Bonchev–Trinajstić information content (AvgIpc) is 3.40. The lowest BCUT2D eigenvalue weighted by Gasteiger charge is -2.24. The number of aromatic nitrogens is 1. The predicted molar refractivity (Wildman–Crippen MR) is 143 cm³/mol. The summed E-state index contributed by atoms with van der Waals surface area (Å²) >= 11 is 6.27. The Balaban J connectivity index is 1.56. The minimum Gasteiger partial charge on any atom is -0.497 e. The number of ether oxygens (including phenoxy) is 4. The van der Waals surface area contributed by atoms with Crippen LogP contribution in [0.4, 0.5) is 0 Å². The van der Waals surface area contributed by atoms with E-state index in [-0.39, 0.29) is 12.7 Å². The first-order chi connectivity index (χ1) is 18.1. The number of nitrogens with zero attached hydrogens (tertiary/aromatic N) is 2. The Morgan fingerprint density at radius 1 is 1.03 bits per heavy atom. The highest BCUT2D eigenvalue weighted by atomic mass is 35.5. The molecule has 0 spiro atoms. The third-order valence-corrected chi connectivity index (χ3v) is 6.48. The van der Waals surface area contributed by atoms with E-state index in [1.165, 1.54) is 0 Å². The highest BCUT2D eigenvalue weighted by molar-refractivity contribution is 6.31. The van der Waals surface area contributed by atoms with Crippen molar-refractivity contribution in [2.75, 3.05) is 34.2 Å². The first kappa shape index (κ1) is 24.9. The number of amides is 1. The topological polar surface area (TPSA) is 70.1 Å². The number of halogens is 1. The molecule has 0 saturated carbocycles. The van der Waals surface area contributed by atoms with E-state index in [1.54, 1.807) is 32.4 Å². The summed E-state index contributed by atoms with van der Waals surface area (Å²) in [6.45, 7) is 1.57. The van der Waals surface area contributed by atoms with Crippen molar-refractivity contribution in [3.05, 3.63) is 82.9 Å². The molecule has 0 radical (unpaired) electrons. The molecule has 190 valence electrons. The van der Waals surface area contributed by atoms with Gasteiger partial charge in [0.2, 0.25) is 6.79 Å². The van der Waals surface area contributed by atoms with E-state index in [2.05, 4.69) is 6.07 Å². The molecule has 8 heteroatoms. The largest absolute Gasteiger partial charge is 0.497 e. The molecular formula is C29H27ClN2O5. The monoisotopic (exact) mass is 518 g/mol. The number of pyridine rings is 1. The Labute approximate surface area is 220 Å². The molecule has 0 bridgehead atoms. The van der Waals surface area contributed by atoms with Gasteiger partial charge in [-0.3, -0.25) is 4.79 Å². The molecule has 0 saturated heterocycles. The number of methoxy groups -OCH3 is 2. The van der Waals surface area contributed by atoms with Gasteiger partial charge in [-0.1, -0.05) is 29.8 Å². The molecular weight excluding hydrogens is 492 g/mol. The van der Waals surface area contributed by atoms with Gasteiger partial charge in [0.05, 0.1) is 18.3 Å². The van der Waals surface area contributed by atoms with Crippen LogP contribution in [0.3, 0.4) is 0 Å². The quantitative estimate of drug-likeness (QED) is 0.254. The molecule has 0 atom stereocenters. The highest BCUT2D eigenvalue weighted by Crippen LogP contribution is 2.34. The summed E-state index contributed by atoms with van der Waals surface area (Å²) in [5, 5.41) is 1.56. The summed E-state index contributed by atoms with van der Waals surface area (Å²) in [5.41, 5.74) is 3.88. The summed E-state index contributed by atoms with van der Waals surface area (Å²) in [4.78, 5) is 20.5. The predicted octanol–water partition coefficient (Wildman–Crippen LogP) is 5.97. The van der Waals surface area contributed by atoms with Crippen LogP contribution in [0.25, 0.3) is 22.2 Å². The Morgan fingerprint density at radius 2 is 1.89 bits per heavy atom. The van der Waals surface area contributed by atoms with E-state index >= 15 is 0 Å². The van der Waals surface area contributed by atoms with E-state index in [1.807, 2.05) is 47.4 Å². The molecule has 7 nitrogen and oxygen atoms in total. The highest BCUT2D eigenvalue weighted by Gasteiger charge is 2.22. The third-order valence-electron chi connectivity index (χ3n) is 6.25. The van der Waals surface area contributed by atoms with Crippen molar-refractivity contribution >= 4 is 28.4 Å². The lowest BCUT2D eigenvalue weighted by molar-refractivity contribution is 0.0723. The van der Waals surface area contributed by atoms with Gasteiger partial charge in [0, 0.05) is 48.3 Å². The van der Waals surface area contributed by atoms with Gasteiger partial charge in [0.15, 0.2) is 11.5 Å². The lowest BCUT2D eigenvalue weighted by atomic mass is 10.0. The van der Waals surface area contributed by atoms with Gasteiger partial charge in [0.25, 0.3) is 5.91 Å². The van der Waals surface area contributed by atoms with Gasteiger partial charge in [-0.15, -0.1) is 0 Å². The maximum absolute atomic E-state index is 13.7. The van der Waals surface area contributed by atoms with Gasteiger partial charge in [0.1, 0.15) is 5.75 Å². The standard InChI is InChI=1S/C29H27ClN2O5/c1-34-12-4-11-32(29(33)21-8-10-26-27(15-21)37-18-36-26)17-22-13-19-7-9-23(30)16-25(19)31-28(22)20-5-3-6-24(14-20)35-2/h3,5-10,13-16H,4,11-12,17-18H2,1-2H3. The van der Waals surface area contributed by atoms with Gasteiger partial charge in [-0.05, 0) is 60.5 Å². The number of carbonyl (C=O) groups is 1. The van der Waals surface area contributed by atoms with Crippen LogP contribution in [0.2, 0.25) is 5.02 Å². The van der Waals surface area contributed by atoms with E-state index in [9.17, 15) is 4.79 Å². The number of hydrogen-bond acceptors (Lipinski definition) is 6. The van der Waals surface area contributed by atoms with Crippen LogP contribution in [0.15, 0.2) is 66.7 Å². The van der Waals surface area contributed by atoms with Crippen LogP contribution in [0.1, 0.15) is 22.3 Å². The Kier molecular flexibility index (Phi) is 7.44. The zero-order valence-electron chi connectivity index (χ0n) is 20.7. The normalized spacial score (nSPS) is 12.1. The maximum Gasteiger partial charge on any atom is 0.254 e. The van der Waals surface area contributed by atoms with Gasteiger partial charge < -0.3 is 23.8 Å². The number of hydrogen-bond donors (Lipinski definition) is 0. The molecule has 1 aliphatic rings. The van der Waals surface area contributed by atoms with Crippen molar-refractivity contribution in [2.24, 2.45) is 0 Å². The van der Waals surface area contributed by atoms with Crippen LogP contribution in [-0.4, -0.2) is 50.0 Å². The fourth-order valence-electron chi connectivity index (χ4n) is 4.39. The first-order valence-electron chi connectivity index (χ1n) is 12.0. The van der Waals surface area contributed by atoms with E-state index < -0.39 is 0 Å².